The lowest BCUT2D eigenvalue weighted by Gasteiger charge is -2.33. The molecule has 1 atom stereocenters. The molecule has 30 heavy (non-hydrogen) atoms. The molecule has 1 saturated heterocycles. The summed E-state index contributed by atoms with van der Waals surface area (Å²) in [6.45, 7) is 6.88. The van der Waals surface area contributed by atoms with Gasteiger partial charge in [0.25, 0.3) is 0 Å². The normalized spacial score (nSPS) is 17.7. The standard InChI is InChI=1S/C22H27ClN4O3/c1-14(2)21(16-3-4-17-18(13-16)30-12-11-29-17)24-22(28)15-7-9-27(10-8-15)20-6-5-19(23)25-26-20/h3-6,13-15,21H,7-12H2,1-2H3,(H,24,28). The van der Waals surface area contributed by atoms with E-state index in [0.29, 0.717) is 18.4 Å². The van der Waals surface area contributed by atoms with Gasteiger partial charge in [-0.3, -0.25) is 4.79 Å². The third-order valence-corrected chi connectivity index (χ3v) is 5.90. The van der Waals surface area contributed by atoms with Crippen molar-refractivity contribution in [1.29, 1.82) is 0 Å². The molecule has 0 bridgehead atoms. The molecule has 0 radical (unpaired) electrons. The van der Waals surface area contributed by atoms with Gasteiger partial charge >= 0.3 is 0 Å². The lowest BCUT2D eigenvalue weighted by molar-refractivity contribution is -0.126. The zero-order valence-corrected chi connectivity index (χ0v) is 18.1. The minimum Gasteiger partial charge on any atom is -0.486 e. The van der Waals surface area contributed by atoms with Crippen LogP contribution in [0.5, 0.6) is 11.5 Å². The van der Waals surface area contributed by atoms with Gasteiger partial charge in [0.15, 0.2) is 22.5 Å². The number of piperidine rings is 1. The number of amides is 1. The summed E-state index contributed by atoms with van der Waals surface area (Å²) >= 11 is 5.82. The molecular formula is C22H27ClN4O3. The Morgan fingerprint density at radius 3 is 2.50 bits per heavy atom. The summed E-state index contributed by atoms with van der Waals surface area (Å²) in [6, 6.07) is 9.46. The van der Waals surface area contributed by atoms with Crippen LogP contribution in [-0.4, -0.2) is 42.4 Å². The lowest BCUT2D eigenvalue weighted by Crippen LogP contribution is -2.42. The molecule has 2 aromatic rings. The van der Waals surface area contributed by atoms with Gasteiger partial charge in [0.05, 0.1) is 6.04 Å². The van der Waals surface area contributed by atoms with Crippen molar-refractivity contribution in [3.05, 3.63) is 41.0 Å². The van der Waals surface area contributed by atoms with Crippen LogP contribution in [0, 0.1) is 11.8 Å². The Kier molecular flexibility index (Phi) is 6.27. The summed E-state index contributed by atoms with van der Waals surface area (Å²) in [5, 5.41) is 11.7. The fraction of sp³-hybridized carbons (Fsp3) is 0.500. The first-order valence-corrected chi connectivity index (χ1v) is 10.8. The van der Waals surface area contributed by atoms with Crippen LogP contribution in [0.15, 0.2) is 30.3 Å². The third-order valence-electron chi connectivity index (χ3n) is 5.70. The van der Waals surface area contributed by atoms with Gasteiger partial charge in [-0.05, 0) is 48.6 Å². The Labute approximate surface area is 181 Å². The third kappa shape index (κ3) is 4.61. The van der Waals surface area contributed by atoms with Crippen molar-refractivity contribution in [2.24, 2.45) is 11.8 Å². The van der Waals surface area contributed by atoms with E-state index in [2.05, 4.69) is 34.3 Å². The average Bonchev–Trinajstić information content (AvgIpc) is 2.77. The number of nitrogens with one attached hydrogen (secondary N) is 1. The van der Waals surface area contributed by atoms with Crippen LogP contribution < -0.4 is 19.7 Å². The predicted molar refractivity (Wildman–Crippen MR) is 115 cm³/mol. The minimum atomic E-state index is -0.0755. The number of carbonyl (C=O) groups is 1. The van der Waals surface area contributed by atoms with Crippen LogP contribution in [0.4, 0.5) is 5.82 Å². The van der Waals surface area contributed by atoms with Crippen LogP contribution in [0.3, 0.4) is 0 Å². The number of hydrogen-bond acceptors (Lipinski definition) is 6. The van der Waals surface area contributed by atoms with Gasteiger partial charge in [-0.1, -0.05) is 31.5 Å². The SMILES string of the molecule is CC(C)C(NC(=O)C1CCN(c2ccc(Cl)nn2)CC1)c1ccc2c(c1)OCCO2. The summed E-state index contributed by atoms with van der Waals surface area (Å²) in [4.78, 5) is 15.2. The van der Waals surface area contributed by atoms with Gasteiger partial charge in [0, 0.05) is 19.0 Å². The predicted octanol–water partition coefficient (Wildman–Crippen LogP) is 3.63. The van der Waals surface area contributed by atoms with E-state index in [1.807, 2.05) is 24.3 Å². The largest absolute Gasteiger partial charge is 0.486 e. The van der Waals surface area contributed by atoms with Crippen LogP contribution in [0.2, 0.25) is 5.15 Å². The molecule has 2 aliphatic rings. The molecule has 0 saturated carbocycles. The highest BCUT2D eigenvalue weighted by atomic mass is 35.5. The number of hydrogen-bond donors (Lipinski definition) is 1. The first kappa shape index (κ1) is 20.7. The zero-order chi connectivity index (χ0) is 21.1. The second-order valence-electron chi connectivity index (χ2n) is 8.11. The maximum absolute atomic E-state index is 13.0. The first-order valence-electron chi connectivity index (χ1n) is 10.5. The van der Waals surface area contributed by atoms with Crippen molar-refractivity contribution >= 4 is 23.3 Å². The molecule has 160 valence electrons. The van der Waals surface area contributed by atoms with Crippen molar-refractivity contribution < 1.29 is 14.3 Å². The van der Waals surface area contributed by atoms with E-state index in [4.69, 9.17) is 21.1 Å². The van der Waals surface area contributed by atoms with Crippen molar-refractivity contribution in [3.63, 3.8) is 0 Å². The van der Waals surface area contributed by atoms with Crippen LogP contribution in [-0.2, 0) is 4.79 Å². The summed E-state index contributed by atoms with van der Waals surface area (Å²) in [5.41, 5.74) is 1.04. The maximum Gasteiger partial charge on any atom is 0.223 e. The second-order valence-corrected chi connectivity index (χ2v) is 8.50. The van der Waals surface area contributed by atoms with E-state index in [1.54, 1.807) is 6.07 Å². The number of carbonyl (C=O) groups excluding carboxylic acids is 1. The average molecular weight is 431 g/mol. The van der Waals surface area contributed by atoms with Gasteiger partial charge in [-0.25, -0.2) is 0 Å². The van der Waals surface area contributed by atoms with Gasteiger partial charge in [-0.2, -0.15) is 0 Å². The Bertz CT molecular complexity index is 882. The number of nitrogens with zero attached hydrogens (tertiary/aromatic N) is 3. The molecule has 1 aromatic carbocycles. The topological polar surface area (TPSA) is 76.6 Å². The highest BCUT2D eigenvalue weighted by Gasteiger charge is 2.29. The van der Waals surface area contributed by atoms with E-state index in [-0.39, 0.29) is 23.8 Å². The molecule has 3 heterocycles. The van der Waals surface area contributed by atoms with E-state index in [9.17, 15) is 4.79 Å². The van der Waals surface area contributed by atoms with Crippen molar-refractivity contribution in [2.75, 3.05) is 31.2 Å². The molecule has 2 aliphatic heterocycles. The molecule has 0 spiro atoms. The number of anilines is 1. The van der Waals surface area contributed by atoms with Gasteiger partial charge in [-0.15, -0.1) is 10.2 Å². The van der Waals surface area contributed by atoms with Gasteiger partial charge in [0.1, 0.15) is 13.2 Å². The van der Waals surface area contributed by atoms with Crippen molar-refractivity contribution in [3.8, 4) is 11.5 Å². The van der Waals surface area contributed by atoms with E-state index in [0.717, 1.165) is 48.8 Å². The molecule has 7 nitrogen and oxygen atoms in total. The molecule has 1 aromatic heterocycles. The van der Waals surface area contributed by atoms with E-state index >= 15 is 0 Å². The molecule has 1 N–H and O–H groups in total. The Balaban J connectivity index is 1.39. The molecule has 1 fully saturated rings. The van der Waals surface area contributed by atoms with Gasteiger partial charge in [0.2, 0.25) is 5.91 Å². The maximum atomic E-state index is 13.0. The van der Waals surface area contributed by atoms with Crippen LogP contribution >= 0.6 is 11.6 Å². The van der Waals surface area contributed by atoms with E-state index in [1.165, 1.54) is 0 Å². The van der Waals surface area contributed by atoms with Crippen LogP contribution in [0.1, 0.15) is 38.3 Å². The number of halogens is 1. The quantitative estimate of drug-likeness (QED) is 0.780. The Morgan fingerprint density at radius 2 is 1.83 bits per heavy atom. The second kappa shape index (κ2) is 9.08. The Morgan fingerprint density at radius 1 is 1.10 bits per heavy atom. The molecule has 1 unspecified atom stereocenters. The molecular weight excluding hydrogens is 404 g/mol. The fourth-order valence-electron chi connectivity index (χ4n) is 4.01. The summed E-state index contributed by atoms with van der Waals surface area (Å²) in [5.74, 6) is 2.65. The lowest BCUT2D eigenvalue weighted by atomic mass is 9.92. The monoisotopic (exact) mass is 430 g/mol. The van der Waals surface area contributed by atoms with Crippen molar-refractivity contribution in [2.45, 2.75) is 32.7 Å². The summed E-state index contributed by atoms with van der Waals surface area (Å²) < 4.78 is 11.3. The number of benzene rings is 1. The molecule has 8 heteroatoms. The minimum absolute atomic E-state index is 0.0139. The van der Waals surface area contributed by atoms with Crippen molar-refractivity contribution in [1.82, 2.24) is 15.5 Å². The van der Waals surface area contributed by atoms with Crippen LogP contribution in [0.25, 0.3) is 0 Å². The Hall–Kier alpha value is -2.54. The fourth-order valence-corrected chi connectivity index (χ4v) is 4.11. The smallest absolute Gasteiger partial charge is 0.223 e. The zero-order valence-electron chi connectivity index (χ0n) is 17.3. The number of aromatic nitrogens is 2. The molecule has 0 aliphatic carbocycles. The highest BCUT2D eigenvalue weighted by Crippen LogP contribution is 2.34. The number of fused-ring (bicyclic) bond motifs is 1. The molecule has 4 rings (SSSR count). The molecule has 1 amide bonds. The van der Waals surface area contributed by atoms with Gasteiger partial charge < -0.3 is 19.7 Å². The summed E-state index contributed by atoms with van der Waals surface area (Å²) in [7, 11) is 0. The number of rotatable bonds is 5. The highest BCUT2D eigenvalue weighted by molar-refractivity contribution is 6.29. The number of ether oxygens (including phenoxy) is 2. The first-order chi connectivity index (χ1) is 14.5. The summed E-state index contributed by atoms with van der Waals surface area (Å²) in [6.07, 6.45) is 1.56. The van der Waals surface area contributed by atoms with E-state index < -0.39 is 0 Å².